The van der Waals surface area contributed by atoms with Gasteiger partial charge in [-0.1, -0.05) is 12.2 Å². The Morgan fingerprint density at radius 2 is 2.00 bits per heavy atom. The van der Waals surface area contributed by atoms with Crippen LogP contribution in [0.2, 0.25) is 0 Å². The first-order valence-electron chi connectivity index (χ1n) is 5.81. The standard InChI is InChI=1S/C14H16O3/c1-16-10-3-4-11(17-2)13-12(10)9-5-6-14(13,7-9)8-15/h3-6,9,15H,7-8H2,1-2H3. The number of methoxy groups -OCH3 is 2. The summed E-state index contributed by atoms with van der Waals surface area (Å²) in [5.41, 5.74) is 2.03. The monoisotopic (exact) mass is 232 g/mol. The molecule has 2 bridgehead atoms. The summed E-state index contributed by atoms with van der Waals surface area (Å²) >= 11 is 0. The van der Waals surface area contributed by atoms with Crippen molar-refractivity contribution in [3.8, 4) is 11.5 Å². The lowest BCUT2D eigenvalue weighted by atomic mass is 9.82. The number of hydrogen-bond donors (Lipinski definition) is 1. The quantitative estimate of drug-likeness (QED) is 0.810. The van der Waals surface area contributed by atoms with Gasteiger partial charge in [0.25, 0.3) is 0 Å². The van der Waals surface area contributed by atoms with Crippen molar-refractivity contribution in [2.45, 2.75) is 17.8 Å². The first kappa shape index (κ1) is 10.7. The largest absolute Gasteiger partial charge is 0.496 e. The molecule has 0 heterocycles. The van der Waals surface area contributed by atoms with E-state index in [0.29, 0.717) is 5.92 Å². The highest BCUT2D eigenvalue weighted by Crippen LogP contribution is 2.58. The van der Waals surface area contributed by atoms with Gasteiger partial charge in [-0.15, -0.1) is 0 Å². The fourth-order valence-corrected chi connectivity index (χ4v) is 3.22. The number of fused-ring (bicyclic) bond motifs is 5. The minimum Gasteiger partial charge on any atom is -0.496 e. The molecular weight excluding hydrogens is 216 g/mol. The summed E-state index contributed by atoms with van der Waals surface area (Å²) in [6, 6.07) is 3.86. The Kier molecular flexibility index (Phi) is 2.20. The van der Waals surface area contributed by atoms with Crippen molar-refractivity contribution in [3.05, 3.63) is 35.4 Å². The maximum atomic E-state index is 9.73. The molecule has 0 saturated carbocycles. The van der Waals surface area contributed by atoms with Crippen LogP contribution in [0.3, 0.4) is 0 Å². The van der Waals surface area contributed by atoms with Gasteiger partial charge >= 0.3 is 0 Å². The molecule has 1 aromatic rings. The Morgan fingerprint density at radius 3 is 2.65 bits per heavy atom. The second-order valence-corrected chi connectivity index (χ2v) is 4.74. The number of benzene rings is 1. The normalized spacial score (nSPS) is 28.3. The van der Waals surface area contributed by atoms with E-state index in [2.05, 4.69) is 12.2 Å². The van der Waals surface area contributed by atoms with Gasteiger partial charge in [0.05, 0.1) is 20.8 Å². The molecule has 17 heavy (non-hydrogen) atoms. The van der Waals surface area contributed by atoms with E-state index in [1.54, 1.807) is 14.2 Å². The molecule has 3 rings (SSSR count). The van der Waals surface area contributed by atoms with Crippen molar-refractivity contribution >= 4 is 0 Å². The van der Waals surface area contributed by atoms with Crippen LogP contribution < -0.4 is 9.47 Å². The van der Waals surface area contributed by atoms with E-state index in [1.165, 1.54) is 5.56 Å². The van der Waals surface area contributed by atoms with Gasteiger partial charge in [0.1, 0.15) is 11.5 Å². The lowest BCUT2D eigenvalue weighted by Gasteiger charge is -2.26. The molecule has 2 aliphatic rings. The van der Waals surface area contributed by atoms with E-state index in [0.717, 1.165) is 23.5 Å². The van der Waals surface area contributed by atoms with Crippen molar-refractivity contribution in [3.63, 3.8) is 0 Å². The Bertz CT molecular complexity index is 492. The summed E-state index contributed by atoms with van der Waals surface area (Å²) in [5.74, 6) is 2.09. The van der Waals surface area contributed by atoms with Crippen molar-refractivity contribution in [2.24, 2.45) is 0 Å². The molecule has 0 radical (unpaired) electrons. The van der Waals surface area contributed by atoms with Crippen molar-refractivity contribution in [1.29, 1.82) is 0 Å². The van der Waals surface area contributed by atoms with Gasteiger partial charge in [0.15, 0.2) is 0 Å². The smallest absolute Gasteiger partial charge is 0.123 e. The Hall–Kier alpha value is -1.48. The average Bonchev–Trinajstić information content (AvgIpc) is 2.95. The van der Waals surface area contributed by atoms with Crippen LogP contribution in [0.25, 0.3) is 0 Å². The zero-order valence-corrected chi connectivity index (χ0v) is 10.1. The highest BCUT2D eigenvalue weighted by molar-refractivity contribution is 5.63. The third-order valence-electron chi connectivity index (χ3n) is 3.99. The molecule has 0 aromatic heterocycles. The van der Waals surface area contributed by atoms with E-state index in [1.807, 2.05) is 12.1 Å². The van der Waals surface area contributed by atoms with Crippen LogP contribution in [-0.2, 0) is 5.41 Å². The zero-order chi connectivity index (χ0) is 12.0. The number of rotatable bonds is 3. The third-order valence-corrected chi connectivity index (χ3v) is 3.99. The van der Waals surface area contributed by atoms with Gasteiger partial charge in [-0.2, -0.15) is 0 Å². The highest BCUT2D eigenvalue weighted by atomic mass is 16.5. The number of aliphatic hydroxyl groups excluding tert-OH is 1. The molecule has 0 aliphatic heterocycles. The van der Waals surface area contributed by atoms with Gasteiger partial charge < -0.3 is 14.6 Å². The zero-order valence-electron chi connectivity index (χ0n) is 10.1. The average molecular weight is 232 g/mol. The maximum Gasteiger partial charge on any atom is 0.123 e. The van der Waals surface area contributed by atoms with Gasteiger partial charge in [0, 0.05) is 22.5 Å². The van der Waals surface area contributed by atoms with E-state index in [-0.39, 0.29) is 12.0 Å². The topological polar surface area (TPSA) is 38.7 Å². The van der Waals surface area contributed by atoms with E-state index >= 15 is 0 Å². The summed E-state index contributed by atoms with van der Waals surface area (Å²) in [7, 11) is 3.35. The maximum absolute atomic E-state index is 9.73. The summed E-state index contributed by atoms with van der Waals surface area (Å²) < 4.78 is 10.9. The first-order valence-corrected chi connectivity index (χ1v) is 5.81. The molecule has 3 heteroatoms. The minimum absolute atomic E-state index is 0.122. The number of ether oxygens (including phenoxy) is 2. The summed E-state index contributed by atoms with van der Waals surface area (Å²) in [4.78, 5) is 0. The fraction of sp³-hybridized carbons (Fsp3) is 0.429. The lowest BCUT2D eigenvalue weighted by Crippen LogP contribution is -2.24. The lowest BCUT2D eigenvalue weighted by molar-refractivity contribution is 0.224. The fourth-order valence-electron chi connectivity index (χ4n) is 3.22. The van der Waals surface area contributed by atoms with Crippen LogP contribution in [0, 0.1) is 0 Å². The number of hydrogen-bond acceptors (Lipinski definition) is 3. The van der Waals surface area contributed by atoms with Crippen molar-refractivity contribution < 1.29 is 14.6 Å². The molecule has 2 atom stereocenters. The highest BCUT2D eigenvalue weighted by Gasteiger charge is 2.48. The summed E-state index contributed by atoms with van der Waals surface area (Å²) in [6.45, 7) is 0.122. The van der Waals surface area contributed by atoms with Crippen LogP contribution >= 0.6 is 0 Å². The summed E-state index contributed by atoms with van der Waals surface area (Å²) in [5, 5.41) is 9.73. The molecule has 1 aromatic carbocycles. The molecule has 0 saturated heterocycles. The molecule has 0 spiro atoms. The second-order valence-electron chi connectivity index (χ2n) is 4.74. The van der Waals surface area contributed by atoms with E-state index in [9.17, 15) is 5.11 Å². The van der Waals surface area contributed by atoms with Crippen molar-refractivity contribution in [2.75, 3.05) is 20.8 Å². The van der Waals surface area contributed by atoms with Crippen LogP contribution in [0.4, 0.5) is 0 Å². The molecule has 0 amide bonds. The molecule has 1 N–H and O–H groups in total. The molecule has 3 nitrogen and oxygen atoms in total. The first-order chi connectivity index (χ1) is 8.25. The van der Waals surface area contributed by atoms with Gasteiger partial charge in [-0.25, -0.2) is 0 Å². The molecular formula is C14H16O3. The number of aliphatic hydroxyl groups is 1. The number of allylic oxidation sites excluding steroid dienone is 1. The van der Waals surface area contributed by atoms with Crippen LogP contribution in [0.5, 0.6) is 11.5 Å². The Morgan fingerprint density at radius 1 is 1.29 bits per heavy atom. The van der Waals surface area contributed by atoms with Gasteiger partial charge in [-0.05, 0) is 18.6 Å². The summed E-state index contributed by atoms with van der Waals surface area (Å²) in [6.07, 6.45) is 5.21. The van der Waals surface area contributed by atoms with Crippen molar-refractivity contribution in [1.82, 2.24) is 0 Å². The Balaban J connectivity index is 2.27. The predicted molar refractivity (Wildman–Crippen MR) is 64.8 cm³/mol. The van der Waals surface area contributed by atoms with Crippen LogP contribution in [0.15, 0.2) is 24.3 Å². The van der Waals surface area contributed by atoms with E-state index in [4.69, 9.17) is 9.47 Å². The third kappa shape index (κ3) is 1.20. The molecule has 0 fully saturated rings. The molecule has 2 aliphatic carbocycles. The Labute approximate surface area is 101 Å². The van der Waals surface area contributed by atoms with Crippen LogP contribution in [-0.4, -0.2) is 25.9 Å². The SMILES string of the molecule is COc1ccc(OC)c2c1C1C=CC2(CO)C1. The molecule has 90 valence electrons. The van der Waals surface area contributed by atoms with Gasteiger partial charge in [-0.3, -0.25) is 0 Å². The van der Waals surface area contributed by atoms with Gasteiger partial charge in [0.2, 0.25) is 0 Å². The van der Waals surface area contributed by atoms with Crippen LogP contribution in [0.1, 0.15) is 23.5 Å². The second kappa shape index (κ2) is 3.50. The minimum atomic E-state index is -0.264. The predicted octanol–water partition coefficient (Wildman–Crippen LogP) is 1.99. The molecule has 2 unspecified atom stereocenters. The van der Waals surface area contributed by atoms with E-state index < -0.39 is 0 Å².